The molecule has 2 aliphatic heterocycles. The maximum absolute atomic E-state index is 13.4. The number of ether oxygens (including phenoxy) is 2. The number of rotatable bonds is 14. The summed E-state index contributed by atoms with van der Waals surface area (Å²) in [6.07, 6.45) is -2.43. The summed E-state index contributed by atoms with van der Waals surface area (Å²) in [5.74, 6) is -4.49. The molecule has 0 saturated heterocycles. The SMILES string of the molecule is CCCCOC(=O)CC(C(=O)OC)[C@H](NC(=O)CC1CC(c2ccc(C(=N)N)cc2)=NO1)NC(=O)C1=Nc2ccccc2C1O. The molecule has 4 atom stereocenters. The Morgan fingerprint density at radius 1 is 1.13 bits per heavy atom. The molecule has 0 bridgehead atoms. The largest absolute Gasteiger partial charge is 0.469 e. The van der Waals surface area contributed by atoms with Crippen LogP contribution in [0.25, 0.3) is 0 Å². The van der Waals surface area contributed by atoms with Gasteiger partial charge in [-0.3, -0.25) is 24.6 Å². The van der Waals surface area contributed by atoms with Crippen molar-refractivity contribution in [3.05, 3.63) is 65.2 Å². The normalized spacial score (nSPS) is 17.9. The summed E-state index contributed by atoms with van der Waals surface area (Å²) in [5.41, 5.74) is 7.98. The van der Waals surface area contributed by atoms with E-state index >= 15 is 0 Å². The molecule has 2 aliphatic rings. The highest BCUT2D eigenvalue weighted by molar-refractivity contribution is 6.42. The molecule has 14 heteroatoms. The minimum Gasteiger partial charge on any atom is -0.469 e. The van der Waals surface area contributed by atoms with Crippen LogP contribution in [0.2, 0.25) is 0 Å². The number of amides is 2. The number of hydrogen-bond acceptors (Lipinski definition) is 11. The second kappa shape index (κ2) is 15.1. The summed E-state index contributed by atoms with van der Waals surface area (Å²) in [6.45, 7) is 2.07. The fourth-order valence-electron chi connectivity index (χ4n) is 4.83. The summed E-state index contributed by atoms with van der Waals surface area (Å²) in [6, 6.07) is 13.5. The average molecular weight is 621 g/mol. The van der Waals surface area contributed by atoms with Crippen LogP contribution >= 0.6 is 0 Å². The first kappa shape index (κ1) is 32.8. The number of carbonyl (C=O) groups is 4. The first-order chi connectivity index (χ1) is 21.6. The van der Waals surface area contributed by atoms with Gasteiger partial charge in [0.25, 0.3) is 5.91 Å². The number of benzene rings is 2. The van der Waals surface area contributed by atoms with Gasteiger partial charge in [-0.1, -0.05) is 61.0 Å². The van der Waals surface area contributed by atoms with Gasteiger partial charge in [-0.25, -0.2) is 4.99 Å². The number of amidine groups is 1. The number of unbranched alkanes of at least 4 members (excludes halogenated alkanes) is 1. The van der Waals surface area contributed by atoms with Crippen molar-refractivity contribution < 1.29 is 38.6 Å². The maximum Gasteiger partial charge on any atom is 0.313 e. The van der Waals surface area contributed by atoms with E-state index in [2.05, 4.69) is 20.8 Å². The molecule has 4 rings (SSSR count). The van der Waals surface area contributed by atoms with E-state index in [0.717, 1.165) is 19.1 Å². The van der Waals surface area contributed by atoms with Crippen LogP contribution in [0.15, 0.2) is 58.7 Å². The summed E-state index contributed by atoms with van der Waals surface area (Å²) >= 11 is 0. The lowest BCUT2D eigenvalue weighted by atomic mass is 9.99. The van der Waals surface area contributed by atoms with Crippen molar-refractivity contribution in [1.82, 2.24) is 10.6 Å². The molecule has 0 aromatic heterocycles. The summed E-state index contributed by atoms with van der Waals surface area (Å²) in [4.78, 5) is 61.8. The molecule has 238 valence electrons. The predicted octanol–water partition coefficient (Wildman–Crippen LogP) is 1.75. The van der Waals surface area contributed by atoms with E-state index < -0.39 is 54.5 Å². The summed E-state index contributed by atoms with van der Waals surface area (Å²) in [7, 11) is 1.12. The van der Waals surface area contributed by atoms with Crippen LogP contribution in [0, 0.1) is 11.3 Å². The number of fused-ring (bicyclic) bond motifs is 1. The molecule has 45 heavy (non-hydrogen) atoms. The number of nitrogens with zero attached hydrogens (tertiary/aromatic N) is 2. The van der Waals surface area contributed by atoms with Crippen molar-refractivity contribution in [2.45, 2.75) is 57.4 Å². The summed E-state index contributed by atoms with van der Waals surface area (Å²) < 4.78 is 10.1. The molecule has 0 aliphatic carbocycles. The molecule has 2 aromatic rings. The van der Waals surface area contributed by atoms with Crippen molar-refractivity contribution in [3.63, 3.8) is 0 Å². The molecular weight excluding hydrogens is 584 g/mol. The highest BCUT2D eigenvalue weighted by Gasteiger charge is 2.38. The fourth-order valence-corrected chi connectivity index (χ4v) is 4.83. The van der Waals surface area contributed by atoms with Gasteiger partial charge in [0, 0.05) is 17.5 Å². The molecule has 0 saturated carbocycles. The number of hydrogen-bond donors (Lipinski definition) is 5. The van der Waals surface area contributed by atoms with Crippen molar-refractivity contribution >= 4 is 46.7 Å². The van der Waals surface area contributed by atoms with Crippen LogP contribution in [-0.4, -0.2) is 72.1 Å². The van der Waals surface area contributed by atoms with Gasteiger partial charge >= 0.3 is 11.9 Å². The Labute approximate surface area is 259 Å². The number of aliphatic imine (C=N–C) groups is 1. The lowest BCUT2D eigenvalue weighted by Gasteiger charge is -2.27. The molecule has 2 heterocycles. The second-order valence-electron chi connectivity index (χ2n) is 10.5. The molecule has 6 N–H and O–H groups in total. The van der Waals surface area contributed by atoms with Crippen molar-refractivity contribution in [2.75, 3.05) is 13.7 Å². The Bertz CT molecular complexity index is 1510. The van der Waals surface area contributed by atoms with Crippen LogP contribution in [-0.2, 0) is 33.5 Å². The number of aliphatic hydroxyl groups is 1. The Hall–Kier alpha value is -5.11. The van der Waals surface area contributed by atoms with E-state index in [1.165, 1.54) is 0 Å². The van der Waals surface area contributed by atoms with Gasteiger partial charge < -0.3 is 35.8 Å². The Morgan fingerprint density at radius 3 is 2.53 bits per heavy atom. The zero-order valence-corrected chi connectivity index (χ0v) is 24.9. The molecule has 0 radical (unpaired) electrons. The van der Waals surface area contributed by atoms with E-state index in [9.17, 15) is 24.3 Å². The Morgan fingerprint density at radius 2 is 1.87 bits per heavy atom. The Kier molecular flexibility index (Phi) is 11.0. The quantitative estimate of drug-likeness (QED) is 0.0683. The monoisotopic (exact) mass is 620 g/mol. The minimum atomic E-state index is -1.43. The van der Waals surface area contributed by atoms with E-state index in [1.807, 2.05) is 6.92 Å². The predicted molar refractivity (Wildman–Crippen MR) is 163 cm³/mol. The minimum absolute atomic E-state index is 0.0686. The van der Waals surface area contributed by atoms with Gasteiger partial charge in [0.2, 0.25) is 5.91 Å². The third-order valence-electron chi connectivity index (χ3n) is 7.30. The van der Waals surface area contributed by atoms with Gasteiger partial charge in [-0.2, -0.15) is 0 Å². The standard InChI is InChI=1S/C31H36N6O8/c1-3-4-13-44-25(39)16-21(31(42)43-2)29(36-30(41)26-27(40)20-7-5-6-8-22(20)34-26)35-24(38)15-19-14-23(37-45-19)17-9-11-18(12-10-17)28(32)33/h5-12,19,21,27,29,40H,3-4,13-16H2,1-2H3,(H3,32,33)(H,35,38)(H,36,41)/t19?,21?,27?,29-/m1/s1. The zero-order chi connectivity index (χ0) is 32.5. The van der Waals surface area contributed by atoms with E-state index in [-0.39, 0.29) is 31.0 Å². The van der Waals surface area contributed by atoms with Gasteiger partial charge in [0.05, 0.1) is 38.0 Å². The topological polar surface area (TPSA) is 215 Å². The molecular formula is C31H36N6O8. The number of esters is 2. The third-order valence-corrected chi connectivity index (χ3v) is 7.30. The van der Waals surface area contributed by atoms with E-state index in [1.54, 1.807) is 48.5 Å². The van der Waals surface area contributed by atoms with Crippen molar-refractivity contribution in [1.29, 1.82) is 5.41 Å². The molecule has 2 amide bonds. The molecule has 0 spiro atoms. The smallest absolute Gasteiger partial charge is 0.313 e. The highest BCUT2D eigenvalue weighted by Crippen LogP contribution is 2.33. The van der Waals surface area contributed by atoms with Gasteiger partial charge in [-0.15, -0.1) is 0 Å². The van der Waals surface area contributed by atoms with Crippen molar-refractivity contribution in [3.8, 4) is 0 Å². The lowest BCUT2D eigenvalue weighted by Crippen LogP contribution is -2.56. The molecule has 0 fully saturated rings. The first-order valence-electron chi connectivity index (χ1n) is 14.5. The Balaban J connectivity index is 1.47. The van der Waals surface area contributed by atoms with Crippen molar-refractivity contribution in [2.24, 2.45) is 21.8 Å². The maximum atomic E-state index is 13.4. The van der Waals surface area contributed by atoms with Gasteiger partial charge in [0.15, 0.2) is 0 Å². The molecule has 3 unspecified atom stereocenters. The number of nitrogen functional groups attached to an aromatic ring is 1. The van der Waals surface area contributed by atoms with Gasteiger partial charge in [-0.05, 0) is 18.1 Å². The van der Waals surface area contributed by atoms with Gasteiger partial charge in [0.1, 0.15) is 35.8 Å². The molecule has 2 aromatic carbocycles. The number of oxime groups is 1. The zero-order valence-electron chi connectivity index (χ0n) is 24.9. The van der Waals surface area contributed by atoms with E-state index in [4.69, 9.17) is 25.5 Å². The highest BCUT2D eigenvalue weighted by atomic mass is 16.6. The number of methoxy groups -OCH3 is 1. The average Bonchev–Trinajstić information content (AvgIpc) is 3.63. The van der Waals surface area contributed by atoms with Crippen LogP contribution in [0.4, 0.5) is 5.69 Å². The summed E-state index contributed by atoms with van der Waals surface area (Å²) in [5, 5.41) is 27.5. The van der Waals surface area contributed by atoms with Crippen LogP contribution in [0.3, 0.4) is 0 Å². The second-order valence-corrected chi connectivity index (χ2v) is 10.5. The first-order valence-corrected chi connectivity index (χ1v) is 14.5. The number of carbonyl (C=O) groups excluding carboxylic acids is 4. The lowest BCUT2D eigenvalue weighted by molar-refractivity contribution is -0.155. The number of nitrogens with one attached hydrogen (secondary N) is 3. The number of aliphatic hydroxyl groups excluding tert-OH is 1. The molecule has 14 nitrogen and oxygen atoms in total. The van der Waals surface area contributed by atoms with E-state index in [0.29, 0.717) is 28.9 Å². The van der Waals surface area contributed by atoms with Crippen LogP contribution in [0.1, 0.15) is 61.8 Å². The third kappa shape index (κ3) is 8.29. The fraction of sp³-hybridized carbons (Fsp3) is 0.387. The number of para-hydroxylation sites is 1. The van der Waals surface area contributed by atoms with Crippen LogP contribution in [0.5, 0.6) is 0 Å². The van der Waals surface area contributed by atoms with Crippen LogP contribution < -0.4 is 16.4 Å². The number of nitrogens with two attached hydrogens (primary N) is 1.